The van der Waals surface area contributed by atoms with Gasteiger partial charge in [-0.3, -0.25) is 4.79 Å². The molecule has 2 aromatic rings. The van der Waals surface area contributed by atoms with Crippen LogP contribution in [0.5, 0.6) is 0 Å². The Morgan fingerprint density at radius 3 is 2.50 bits per heavy atom. The lowest BCUT2D eigenvalue weighted by Crippen LogP contribution is -2.39. The largest absolute Gasteiger partial charge is 0.444 e. The van der Waals surface area contributed by atoms with Gasteiger partial charge in [-0.05, 0) is 51.5 Å². The molecule has 3 rings (SSSR count). The number of rotatable bonds is 1. The van der Waals surface area contributed by atoms with Crippen molar-refractivity contribution in [1.29, 1.82) is 0 Å². The highest BCUT2D eigenvalue weighted by atomic mass is 79.9. The molecule has 7 nitrogen and oxygen atoms in total. The summed E-state index contributed by atoms with van der Waals surface area (Å²) in [7, 11) is 0. The maximum absolute atomic E-state index is 12.7. The van der Waals surface area contributed by atoms with Gasteiger partial charge in [0.1, 0.15) is 11.4 Å². The number of nitrogens with two attached hydrogens (primary N) is 1. The molecular formula is C18H21BrN4O3. The molecule has 2 heterocycles. The van der Waals surface area contributed by atoms with E-state index in [1.807, 2.05) is 20.8 Å². The smallest absolute Gasteiger partial charge is 0.410 e. The molecule has 8 heteroatoms. The van der Waals surface area contributed by atoms with E-state index in [9.17, 15) is 9.59 Å². The van der Waals surface area contributed by atoms with E-state index in [2.05, 4.69) is 21.0 Å². The Labute approximate surface area is 160 Å². The molecule has 1 aromatic heterocycles. The van der Waals surface area contributed by atoms with Gasteiger partial charge < -0.3 is 15.4 Å². The van der Waals surface area contributed by atoms with Crippen LogP contribution >= 0.6 is 15.9 Å². The number of amides is 1. The van der Waals surface area contributed by atoms with E-state index in [1.54, 1.807) is 29.2 Å². The first-order valence-corrected chi connectivity index (χ1v) is 9.09. The molecule has 0 spiro atoms. The summed E-state index contributed by atoms with van der Waals surface area (Å²) in [5, 5.41) is 4.36. The van der Waals surface area contributed by atoms with Crippen LogP contribution in [0.3, 0.4) is 0 Å². The van der Waals surface area contributed by atoms with Crippen molar-refractivity contribution in [3.63, 3.8) is 0 Å². The van der Waals surface area contributed by atoms with Crippen molar-refractivity contribution < 1.29 is 14.3 Å². The third-order valence-corrected chi connectivity index (χ3v) is 4.54. The molecule has 2 N–H and O–H groups in total. The second-order valence-electron chi connectivity index (χ2n) is 7.19. The Balaban J connectivity index is 1.83. The Morgan fingerprint density at radius 2 is 1.88 bits per heavy atom. The quantitative estimate of drug-likeness (QED) is 0.764. The highest BCUT2D eigenvalue weighted by molar-refractivity contribution is 9.10. The maximum atomic E-state index is 12.7. The Morgan fingerprint density at radius 1 is 1.23 bits per heavy atom. The molecule has 0 atom stereocenters. The standard InChI is InChI=1S/C18H21BrN4O3/c1-18(2,3)26-17(25)22-9-8-13-14(10-22)21-23(15(13)20)16(24)11-4-6-12(19)7-5-11/h4-7H,8-10,20H2,1-3H3. The van der Waals surface area contributed by atoms with Crippen LogP contribution in [0.1, 0.15) is 42.4 Å². The van der Waals surface area contributed by atoms with Crippen molar-refractivity contribution in [1.82, 2.24) is 14.7 Å². The summed E-state index contributed by atoms with van der Waals surface area (Å²) in [6.45, 7) is 6.22. The highest BCUT2D eigenvalue weighted by Gasteiger charge is 2.30. The summed E-state index contributed by atoms with van der Waals surface area (Å²) in [5.41, 5.74) is 7.52. The van der Waals surface area contributed by atoms with Crippen LogP contribution in [0, 0.1) is 0 Å². The fourth-order valence-corrected chi connectivity index (χ4v) is 3.03. The molecule has 0 saturated carbocycles. The number of fused-ring (bicyclic) bond motifs is 1. The zero-order chi connectivity index (χ0) is 19.1. The third kappa shape index (κ3) is 3.75. The zero-order valence-corrected chi connectivity index (χ0v) is 16.5. The molecule has 1 aliphatic rings. The number of hydrogen-bond acceptors (Lipinski definition) is 5. The van der Waals surface area contributed by atoms with E-state index in [-0.39, 0.29) is 12.5 Å². The molecule has 26 heavy (non-hydrogen) atoms. The minimum Gasteiger partial charge on any atom is -0.444 e. The van der Waals surface area contributed by atoms with E-state index in [0.717, 1.165) is 10.0 Å². The molecular weight excluding hydrogens is 400 g/mol. The van der Waals surface area contributed by atoms with Crippen molar-refractivity contribution in [2.45, 2.75) is 39.3 Å². The lowest BCUT2D eigenvalue weighted by Gasteiger charge is -2.29. The molecule has 0 fully saturated rings. The highest BCUT2D eigenvalue weighted by Crippen LogP contribution is 2.26. The topological polar surface area (TPSA) is 90.5 Å². The van der Waals surface area contributed by atoms with Crippen LogP contribution in [0.2, 0.25) is 0 Å². The molecule has 0 saturated heterocycles. The van der Waals surface area contributed by atoms with Gasteiger partial charge >= 0.3 is 6.09 Å². The van der Waals surface area contributed by atoms with Crippen LogP contribution < -0.4 is 5.73 Å². The second kappa shape index (κ2) is 6.75. The maximum Gasteiger partial charge on any atom is 0.410 e. The first-order valence-electron chi connectivity index (χ1n) is 8.30. The number of benzene rings is 1. The van der Waals surface area contributed by atoms with Crippen molar-refractivity contribution in [2.24, 2.45) is 0 Å². The van der Waals surface area contributed by atoms with Gasteiger partial charge in [-0.25, -0.2) is 4.79 Å². The van der Waals surface area contributed by atoms with Crippen LogP contribution in [0.15, 0.2) is 28.7 Å². The van der Waals surface area contributed by atoms with Gasteiger partial charge in [0.25, 0.3) is 5.91 Å². The van der Waals surface area contributed by atoms with Gasteiger partial charge in [0.15, 0.2) is 0 Å². The first-order chi connectivity index (χ1) is 12.2. The third-order valence-electron chi connectivity index (χ3n) is 4.01. The normalized spacial score (nSPS) is 14.1. The summed E-state index contributed by atoms with van der Waals surface area (Å²) in [6.07, 6.45) is 0.143. The van der Waals surface area contributed by atoms with E-state index in [1.165, 1.54) is 4.68 Å². The lowest BCUT2D eigenvalue weighted by molar-refractivity contribution is 0.0221. The molecule has 1 aromatic carbocycles. The second-order valence-corrected chi connectivity index (χ2v) is 8.10. The average molecular weight is 421 g/mol. The van der Waals surface area contributed by atoms with Crippen LogP contribution in [0.25, 0.3) is 0 Å². The number of aromatic nitrogens is 2. The molecule has 1 amide bonds. The summed E-state index contributed by atoms with van der Waals surface area (Å²) >= 11 is 3.34. The Bertz CT molecular complexity index is 853. The molecule has 0 radical (unpaired) electrons. The molecule has 0 bridgehead atoms. The van der Waals surface area contributed by atoms with Gasteiger partial charge in [0.05, 0.1) is 12.2 Å². The fraction of sp³-hybridized carbons (Fsp3) is 0.389. The predicted molar refractivity (Wildman–Crippen MR) is 101 cm³/mol. The summed E-state index contributed by atoms with van der Waals surface area (Å²) in [6, 6.07) is 6.99. The lowest BCUT2D eigenvalue weighted by atomic mass is 10.1. The van der Waals surface area contributed by atoms with Gasteiger partial charge in [0, 0.05) is 22.1 Å². The first kappa shape index (κ1) is 18.4. The van der Waals surface area contributed by atoms with E-state index < -0.39 is 11.7 Å². The van der Waals surface area contributed by atoms with Gasteiger partial charge in [0.2, 0.25) is 0 Å². The van der Waals surface area contributed by atoms with Crippen LogP contribution in [-0.4, -0.2) is 38.8 Å². The minimum absolute atomic E-state index is 0.273. The van der Waals surface area contributed by atoms with Crippen LogP contribution in [-0.2, 0) is 17.7 Å². The molecule has 1 aliphatic heterocycles. The average Bonchev–Trinajstić information content (AvgIpc) is 2.90. The Kier molecular flexibility index (Phi) is 4.79. The van der Waals surface area contributed by atoms with Crippen molar-refractivity contribution in [3.8, 4) is 0 Å². The monoisotopic (exact) mass is 420 g/mol. The number of anilines is 1. The predicted octanol–water partition coefficient (Wildman–Crippen LogP) is 3.21. The van der Waals surface area contributed by atoms with Gasteiger partial charge in [-0.2, -0.15) is 9.78 Å². The number of nitrogens with zero attached hydrogens (tertiary/aromatic N) is 3. The number of carbonyl (C=O) groups excluding carboxylic acids is 2. The summed E-state index contributed by atoms with van der Waals surface area (Å²) < 4.78 is 7.51. The van der Waals surface area contributed by atoms with Gasteiger partial charge in [-0.1, -0.05) is 15.9 Å². The number of ether oxygens (including phenoxy) is 1. The van der Waals surface area contributed by atoms with Crippen molar-refractivity contribution in [2.75, 3.05) is 12.3 Å². The minimum atomic E-state index is -0.562. The summed E-state index contributed by atoms with van der Waals surface area (Å²) in [5.74, 6) is 0.0324. The Hall–Kier alpha value is -2.35. The summed E-state index contributed by atoms with van der Waals surface area (Å²) in [4.78, 5) is 26.5. The van der Waals surface area contributed by atoms with E-state index >= 15 is 0 Å². The molecule has 138 valence electrons. The fourth-order valence-electron chi connectivity index (χ4n) is 2.77. The van der Waals surface area contributed by atoms with Crippen molar-refractivity contribution >= 4 is 33.7 Å². The SMILES string of the molecule is CC(C)(C)OC(=O)N1CCc2c(nn(C(=O)c3ccc(Br)cc3)c2N)C1. The molecule has 0 unspecified atom stereocenters. The van der Waals surface area contributed by atoms with Crippen LogP contribution in [0.4, 0.5) is 10.6 Å². The number of carbonyl (C=O) groups is 2. The van der Waals surface area contributed by atoms with Gasteiger partial charge in [-0.15, -0.1) is 0 Å². The van der Waals surface area contributed by atoms with E-state index in [4.69, 9.17) is 10.5 Å². The zero-order valence-electron chi connectivity index (χ0n) is 15.0. The van der Waals surface area contributed by atoms with E-state index in [0.29, 0.717) is 30.0 Å². The number of hydrogen-bond donors (Lipinski definition) is 1. The number of halogens is 1. The van der Waals surface area contributed by atoms with Crippen molar-refractivity contribution in [3.05, 3.63) is 45.6 Å². The molecule has 0 aliphatic carbocycles. The number of nitrogen functional groups attached to an aromatic ring is 1.